The number of aliphatic hydroxyl groups is 1. The number of hydrogen-bond donors (Lipinski definition) is 2. The molecule has 1 saturated heterocycles. The minimum absolute atomic E-state index is 0.139. The second-order valence-electron chi connectivity index (χ2n) is 5.64. The number of aryl methyl sites for hydroxylation is 1. The largest absolute Gasteiger partial charge is 0.399 e. The molecule has 0 bridgehead atoms. The van der Waals surface area contributed by atoms with E-state index in [2.05, 4.69) is 12.1 Å². The van der Waals surface area contributed by atoms with Crippen molar-refractivity contribution in [2.45, 2.75) is 37.7 Å². The normalized spacial score (nSPS) is 21.6. The molecule has 1 atom stereocenters. The Labute approximate surface area is 108 Å². The van der Waals surface area contributed by atoms with Crippen LogP contribution in [-0.4, -0.2) is 24.4 Å². The summed E-state index contributed by atoms with van der Waals surface area (Å²) in [6, 6.07) is 6.29. The van der Waals surface area contributed by atoms with E-state index < -0.39 is 0 Å². The highest BCUT2D eigenvalue weighted by atomic mass is 16.5. The maximum absolute atomic E-state index is 9.92. The molecule has 18 heavy (non-hydrogen) atoms. The lowest BCUT2D eigenvalue weighted by atomic mass is 9.93. The van der Waals surface area contributed by atoms with Crippen molar-refractivity contribution >= 4 is 5.69 Å². The molecule has 1 heterocycles. The first-order valence-corrected chi connectivity index (χ1v) is 6.88. The molecule has 1 aromatic rings. The molecule has 1 unspecified atom stereocenters. The van der Waals surface area contributed by atoms with Crippen LogP contribution in [0.4, 0.5) is 5.69 Å². The van der Waals surface area contributed by atoms with Gasteiger partial charge in [-0.3, -0.25) is 0 Å². The third-order valence-corrected chi connectivity index (χ3v) is 4.15. The van der Waals surface area contributed by atoms with Gasteiger partial charge in [0, 0.05) is 11.6 Å². The molecule has 3 nitrogen and oxygen atoms in total. The smallest absolute Gasteiger partial charge is 0.0571 e. The van der Waals surface area contributed by atoms with Crippen molar-refractivity contribution in [3.05, 3.63) is 29.3 Å². The molecule has 1 aliphatic carbocycles. The average Bonchev–Trinajstić information content (AvgIpc) is 3.11. The Morgan fingerprint density at radius 2 is 2.11 bits per heavy atom. The number of aliphatic hydroxyl groups excluding tert-OH is 1. The van der Waals surface area contributed by atoms with Gasteiger partial charge < -0.3 is 15.6 Å². The van der Waals surface area contributed by atoms with E-state index in [-0.39, 0.29) is 6.10 Å². The second kappa shape index (κ2) is 4.90. The Morgan fingerprint density at radius 3 is 2.72 bits per heavy atom. The molecule has 0 radical (unpaired) electrons. The molecule has 1 saturated carbocycles. The second-order valence-corrected chi connectivity index (χ2v) is 5.64. The lowest BCUT2D eigenvalue weighted by Crippen LogP contribution is -2.25. The predicted octanol–water partition coefficient (Wildman–Crippen LogP) is 2.09. The van der Waals surface area contributed by atoms with E-state index in [0.29, 0.717) is 11.8 Å². The van der Waals surface area contributed by atoms with E-state index in [9.17, 15) is 5.11 Å². The van der Waals surface area contributed by atoms with Crippen molar-refractivity contribution in [2.24, 2.45) is 5.92 Å². The molecule has 0 spiro atoms. The Kier molecular flexibility index (Phi) is 3.27. The van der Waals surface area contributed by atoms with Crippen molar-refractivity contribution in [3.8, 4) is 0 Å². The molecule has 3 N–H and O–H groups in total. The highest BCUT2D eigenvalue weighted by molar-refractivity contribution is 5.49. The van der Waals surface area contributed by atoms with Crippen LogP contribution in [0.1, 0.15) is 36.3 Å². The molecule has 0 amide bonds. The fraction of sp³-hybridized carbons (Fsp3) is 0.600. The van der Waals surface area contributed by atoms with Gasteiger partial charge in [-0.25, -0.2) is 0 Å². The van der Waals surface area contributed by atoms with Gasteiger partial charge in [0.2, 0.25) is 0 Å². The standard InChI is InChI=1S/C15H21NO2/c16-14-5-3-11(13-8-18-9-13)7-12(14)4-6-15(17)10-1-2-10/h3,5,7,10,13,15,17H,1-2,4,6,8-9,16H2. The highest BCUT2D eigenvalue weighted by Gasteiger charge is 2.29. The summed E-state index contributed by atoms with van der Waals surface area (Å²) in [5, 5.41) is 9.92. The molecule has 1 aromatic carbocycles. The van der Waals surface area contributed by atoms with E-state index in [1.807, 2.05) is 6.07 Å². The van der Waals surface area contributed by atoms with Gasteiger partial charge in [-0.1, -0.05) is 12.1 Å². The van der Waals surface area contributed by atoms with Gasteiger partial charge in [0.15, 0.2) is 0 Å². The number of nitrogen functional groups attached to an aromatic ring is 1. The Bertz CT molecular complexity index is 425. The first kappa shape index (κ1) is 12.0. The molecule has 98 valence electrons. The summed E-state index contributed by atoms with van der Waals surface area (Å²) in [6.45, 7) is 1.65. The van der Waals surface area contributed by atoms with Gasteiger partial charge in [-0.2, -0.15) is 0 Å². The summed E-state index contributed by atoms with van der Waals surface area (Å²) in [5.41, 5.74) is 9.37. The predicted molar refractivity (Wildman–Crippen MR) is 71.5 cm³/mol. The third-order valence-electron chi connectivity index (χ3n) is 4.15. The van der Waals surface area contributed by atoms with Crippen LogP contribution >= 0.6 is 0 Å². The zero-order valence-electron chi connectivity index (χ0n) is 10.6. The summed E-state index contributed by atoms with van der Waals surface area (Å²) >= 11 is 0. The Hall–Kier alpha value is -1.06. The highest BCUT2D eigenvalue weighted by Crippen LogP contribution is 2.35. The maximum Gasteiger partial charge on any atom is 0.0571 e. The van der Waals surface area contributed by atoms with Gasteiger partial charge in [-0.15, -0.1) is 0 Å². The summed E-state index contributed by atoms with van der Waals surface area (Å²) in [6.07, 6.45) is 3.96. The van der Waals surface area contributed by atoms with Crippen LogP contribution in [0.3, 0.4) is 0 Å². The summed E-state index contributed by atoms with van der Waals surface area (Å²) < 4.78 is 5.23. The van der Waals surface area contributed by atoms with Crippen LogP contribution in [0.2, 0.25) is 0 Å². The number of anilines is 1. The number of ether oxygens (including phenoxy) is 1. The molecule has 3 rings (SSSR count). The van der Waals surface area contributed by atoms with Gasteiger partial charge in [0.1, 0.15) is 0 Å². The van der Waals surface area contributed by atoms with Crippen molar-refractivity contribution in [1.29, 1.82) is 0 Å². The number of nitrogens with two attached hydrogens (primary N) is 1. The Balaban J connectivity index is 1.65. The zero-order chi connectivity index (χ0) is 12.5. The molecule has 1 aliphatic heterocycles. The molecule has 2 fully saturated rings. The van der Waals surface area contributed by atoms with Crippen LogP contribution in [0, 0.1) is 5.92 Å². The van der Waals surface area contributed by atoms with Gasteiger partial charge in [0.05, 0.1) is 19.3 Å². The zero-order valence-corrected chi connectivity index (χ0v) is 10.6. The first-order chi connectivity index (χ1) is 8.74. The fourth-order valence-electron chi connectivity index (χ4n) is 2.54. The van der Waals surface area contributed by atoms with Crippen molar-refractivity contribution in [1.82, 2.24) is 0 Å². The topological polar surface area (TPSA) is 55.5 Å². The number of rotatable bonds is 5. The van der Waals surface area contributed by atoms with Crippen LogP contribution < -0.4 is 5.73 Å². The molecule has 3 heteroatoms. The molecule has 0 aromatic heterocycles. The van der Waals surface area contributed by atoms with E-state index in [1.165, 1.54) is 24.0 Å². The van der Waals surface area contributed by atoms with Gasteiger partial charge >= 0.3 is 0 Å². The third kappa shape index (κ3) is 2.52. The van der Waals surface area contributed by atoms with E-state index in [4.69, 9.17) is 10.5 Å². The summed E-state index contributed by atoms with van der Waals surface area (Å²) in [5.74, 6) is 1.09. The van der Waals surface area contributed by atoms with Crippen molar-refractivity contribution in [2.75, 3.05) is 18.9 Å². The average molecular weight is 247 g/mol. The quantitative estimate of drug-likeness (QED) is 0.783. The van der Waals surface area contributed by atoms with Crippen LogP contribution in [-0.2, 0) is 11.2 Å². The number of hydrogen-bond acceptors (Lipinski definition) is 3. The van der Waals surface area contributed by atoms with E-state index >= 15 is 0 Å². The fourth-order valence-corrected chi connectivity index (χ4v) is 2.54. The molecular formula is C15H21NO2. The SMILES string of the molecule is Nc1ccc(C2COC2)cc1CCC(O)C1CC1. The molecular weight excluding hydrogens is 226 g/mol. The summed E-state index contributed by atoms with van der Waals surface area (Å²) in [4.78, 5) is 0. The number of benzene rings is 1. The van der Waals surface area contributed by atoms with Crippen LogP contribution in [0.25, 0.3) is 0 Å². The lowest BCUT2D eigenvalue weighted by Gasteiger charge is -2.27. The van der Waals surface area contributed by atoms with Crippen molar-refractivity contribution in [3.63, 3.8) is 0 Å². The van der Waals surface area contributed by atoms with E-state index in [0.717, 1.165) is 31.7 Å². The van der Waals surface area contributed by atoms with Crippen LogP contribution in [0.5, 0.6) is 0 Å². The molecule has 2 aliphatic rings. The Morgan fingerprint density at radius 1 is 1.33 bits per heavy atom. The minimum Gasteiger partial charge on any atom is -0.399 e. The summed E-state index contributed by atoms with van der Waals surface area (Å²) in [7, 11) is 0. The van der Waals surface area contributed by atoms with E-state index in [1.54, 1.807) is 0 Å². The lowest BCUT2D eigenvalue weighted by molar-refractivity contribution is 0.00840. The van der Waals surface area contributed by atoms with Gasteiger partial charge in [-0.05, 0) is 48.8 Å². The minimum atomic E-state index is -0.139. The van der Waals surface area contributed by atoms with Crippen molar-refractivity contribution < 1.29 is 9.84 Å². The first-order valence-electron chi connectivity index (χ1n) is 6.88. The van der Waals surface area contributed by atoms with Crippen LogP contribution in [0.15, 0.2) is 18.2 Å². The van der Waals surface area contributed by atoms with Gasteiger partial charge in [0.25, 0.3) is 0 Å². The maximum atomic E-state index is 9.92. The monoisotopic (exact) mass is 247 g/mol.